The SMILES string of the molecule is COc1ccc(CN2CCN(Cc3nc(-c4cccc(F)c4)c(-c4cccc(F)c4)[nH]3)CC2)cc1. The lowest BCUT2D eigenvalue weighted by molar-refractivity contribution is 0.120. The molecule has 0 saturated carbocycles. The van der Waals surface area contributed by atoms with Crippen LogP contribution < -0.4 is 4.74 Å². The van der Waals surface area contributed by atoms with Gasteiger partial charge in [0.25, 0.3) is 0 Å². The molecule has 1 fully saturated rings. The molecule has 0 radical (unpaired) electrons. The highest BCUT2D eigenvalue weighted by atomic mass is 19.1. The van der Waals surface area contributed by atoms with Crippen molar-refractivity contribution in [3.63, 3.8) is 0 Å². The predicted octanol–water partition coefficient (Wildman–Crippen LogP) is 5.35. The van der Waals surface area contributed by atoms with Crippen molar-refractivity contribution in [1.82, 2.24) is 19.8 Å². The second-order valence-corrected chi connectivity index (χ2v) is 8.83. The maximum atomic E-state index is 13.9. The molecule has 0 amide bonds. The van der Waals surface area contributed by atoms with Gasteiger partial charge in [0.2, 0.25) is 0 Å². The first kappa shape index (κ1) is 23.2. The molecule has 1 N–H and O–H groups in total. The van der Waals surface area contributed by atoms with E-state index in [4.69, 9.17) is 9.72 Å². The molecule has 1 aliphatic heterocycles. The number of benzene rings is 3. The molecule has 7 heteroatoms. The molecule has 0 aliphatic carbocycles. The third-order valence-electron chi connectivity index (χ3n) is 6.37. The molecular weight excluding hydrogens is 446 g/mol. The molecule has 1 aliphatic rings. The number of aromatic nitrogens is 2. The van der Waals surface area contributed by atoms with Gasteiger partial charge in [0.15, 0.2) is 0 Å². The van der Waals surface area contributed by atoms with E-state index in [2.05, 4.69) is 26.9 Å². The van der Waals surface area contributed by atoms with E-state index in [-0.39, 0.29) is 11.6 Å². The topological polar surface area (TPSA) is 44.4 Å². The number of H-pyrrole nitrogens is 1. The molecule has 180 valence electrons. The summed E-state index contributed by atoms with van der Waals surface area (Å²) in [4.78, 5) is 13.0. The number of piperazine rings is 1. The molecule has 2 heterocycles. The molecule has 0 bridgehead atoms. The Morgan fingerprint density at radius 2 is 1.40 bits per heavy atom. The van der Waals surface area contributed by atoms with Crippen molar-refractivity contribution >= 4 is 0 Å². The summed E-state index contributed by atoms with van der Waals surface area (Å²) >= 11 is 0. The summed E-state index contributed by atoms with van der Waals surface area (Å²) < 4.78 is 33.1. The average Bonchev–Trinajstić information content (AvgIpc) is 3.30. The second-order valence-electron chi connectivity index (χ2n) is 8.83. The number of hydrogen-bond acceptors (Lipinski definition) is 4. The van der Waals surface area contributed by atoms with Gasteiger partial charge >= 0.3 is 0 Å². The molecule has 35 heavy (non-hydrogen) atoms. The highest BCUT2D eigenvalue weighted by Crippen LogP contribution is 2.31. The highest BCUT2D eigenvalue weighted by Gasteiger charge is 2.21. The highest BCUT2D eigenvalue weighted by molar-refractivity contribution is 5.78. The van der Waals surface area contributed by atoms with Crippen LogP contribution in [0.15, 0.2) is 72.8 Å². The van der Waals surface area contributed by atoms with Crippen LogP contribution in [0.5, 0.6) is 5.75 Å². The summed E-state index contributed by atoms with van der Waals surface area (Å²) in [5, 5.41) is 0. The number of nitrogens with zero attached hydrogens (tertiary/aromatic N) is 3. The minimum absolute atomic E-state index is 0.322. The van der Waals surface area contributed by atoms with Crippen LogP contribution in [-0.2, 0) is 13.1 Å². The molecule has 0 unspecified atom stereocenters. The fourth-order valence-corrected chi connectivity index (χ4v) is 4.50. The van der Waals surface area contributed by atoms with Crippen LogP contribution in [0.1, 0.15) is 11.4 Å². The second kappa shape index (κ2) is 10.4. The number of aromatic amines is 1. The summed E-state index contributed by atoms with van der Waals surface area (Å²) in [6, 6.07) is 20.9. The van der Waals surface area contributed by atoms with Crippen molar-refractivity contribution in [1.29, 1.82) is 0 Å². The van der Waals surface area contributed by atoms with Crippen LogP contribution in [0, 0.1) is 11.6 Å². The first-order valence-corrected chi connectivity index (χ1v) is 11.8. The zero-order valence-electron chi connectivity index (χ0n) is 19.7. The van der Waals surface area contributed by atoms with Crippen LogP contribution in [-0.4, -0.2) is 53.1 Å². The summed E-state index contributed by atoms with van der Waals surface area (Å²) in [6.07, 6.45) is 0. The Hall–Kier alpha value is -3.55. The van der Waals surface area contributed by atoms with Gasteiger partial charge in [0.1, 0.15) is 23.2 Å². The quantitative estimate of drug-likeness (QED) is 0.392. The van der Waals surface area contributed by atoms with Crippen molar-refractivity contribution in [2.75, 3.05) is 33.3 Å². The summed E-state index contributed by atoms with van der Waals surface area (Å²) in [5.41, 5.74) is 3.94. The van der Waals surface area contributed by atoms with Crippen LogP contribution in [0.3, 0.4) is 0 Å². The summed E-state index contributed by atoms with van der Waals surface area (Å²) in [7, 11) is 1.68. The summed E-state index contributed by atoms with van der Waals surface area (Å²) in [5.74, 6) is 1.00. The van der Waals surface area contributed by atoms with Crippen molar-refractivity contribution in [3.8, 4) is 28.3 Å². The molecule has 1 saturated heterocycles. The van der Waals surface area contributed by atoms with Crippen LogP contribution >= 0.6 is 0 Å². The van der Waals surface area contributed by atoms with Gasteiger partial charge in [-0.2, -0.15) is 0 Å². The Labute approximate surface area is 204 Å². The molecule has 1 aromatic heterocycles. The fraction of sp³-hybridized carbons (Fsp3) is 0.250. The third kappa shape index (κ3) is 5.58. The van der Waals surface area contributed by atoms with Crippen molar-refractivity contribution in [2.24, 2.45) is 0 Å². The number of methoxy groups -OCH3 is 1. The van der Waals surface area contributed by atoms with E-state index >= 15 is 0 Å². The zero-order chi connectivity index (χ0) is 24.2. The Kier molecular flexibility index (Phi) is 6.88. The van der Waals surface area contributed by atoms with E-state index in [0.29, 0.717) is 29.1 Å². The van der Waals surface area contributed by atoms with Crippen LogP contribution in [0.25, 0.3) is 22.5 Å². The largest absolute Gasteiger partial charge is 0.497 e. The van der Waals surface area contributed by atoms with Gasteiger partial charge in [0, 0.05) is 43.9 Å². The molecule has 4 aromatic rings. The molecular formula is C28H28F2N4O. The van der Waals surface area contributed by atoms with E-state index in [0.717, 1.165) is 44.3 Å². The zero-order valence-corrected chi connectivity index (χ0v) is 19.7. The molecule has 5 nitrogen and oxygen atoms in total. The predicted molar refractivity (Wildman–Crippen MR) is 133 cm³/mol. The van der Waals surface area contributed by atoms with Gasteiger partial charge in [-0.25, -0.2) is 13.8 Å². The van der Waals surface area contributed by atoms with Crippen LogP contribution in [0.2, 0.25) is 0 Å². The molecule has 3 aromatic carbocycles. The van der Waals surface area contributed by atoms with Gasteiger partial charge in [-0.3, -0.25) is 9.80 Å². The molecule has 0 atom stereocenters. The van der Waals surface area contributed by atoms with Crippen molar-refractivity contribution in [2.45, 2.75) is 13.1 Å². The lowest BCUT2D eigenvalue weighted by atomic mass is 10.0. The minimum Gasteiger partial charge on any atom is -0.497 e. The molecule has 5 rings (SSSR count). The first-order chi connectivity index (χ1) is 17.1. The number of nitrogens with one attached hydrogen (secondary N) is 1. The van der Waals surface area contributed by atoms with E-state index in [1.807, 2.05) is 24.3 Å². The maximum Gasteiger partial charge on any atom is 0.123 e. The van der Waals surface area contributed by atoms with Crippen molar-refractivity contribution in [3.05, 3.63) is 95.8 Å². The van der Waals surface area contributed by atoms with E-state index < -0.39 is 0 Å². The third-order valence-corrected chi connectivity index (χ3v) is 6.37. The Bertz CT molecular complexity index is 1220. The first-order valence-electron chi connectivity index (χ1n) is 11.8. The number of imidazole rings is 1. The van der Waals surface area contributed by atoms with Crippen LogP contribution in [0.4, 0.5) is 8.78 Å². The number of rotatable bonds is 7. The minimum atomic E-state index is -0.328. The average molecular weight is 475 g/mol. The van der Waals surface area contributed by atoms with E-state index in [1.54, 1.807) is 19.2 Å². The van der Waals surface area contributed by atoms with Crippen molar-refractivity contribution < 1.29 is 13.5 Å². The smallest absolute Gasteiger partial charge is 0.123 e. The number of ether oxygens (including phenoxy) is 1. The monoisotopic (exact) mass is 474 g/mol. The normalized spacial score (nSPS) is 14.8. The van der Waals surface area contributed by atoms with Gasteiger partial charge in [0.05, 0.1) is 25.0 Å². The Morgan fingerprint density at radius 3 is 2.03 bits per heavy atom. The van der Waals surface area contributed by atoms with E-state index in [1.165, 1.54) is 29.8 Å². The van der Waals surface area contributed by atoms with Gasteiger partial charge in [-0.1, -0.05) is 36.4 Å². The Balaban J connectivity index is 1.29. The fourth-order valence-electron chi connectivity index (χ4n) is 4.50. The lowest BCUT2D eigenvalue weighted by Gasteiger charge is -2.34. The number of hydrogen-bond donors (Lipinski definition) is 1. The Morgan fingerprint density at radius 1 is 0.800 bits per heavy atom. The van der Waals surface area contributed by atoms with Gasteiger partial charge in [-0.15, -0.1) is 0 Å². The maximum absolute atomic E-state index is 13.9. The van der Waals surface area contributed by atoms with E-state index in [9.17, 15) is 8.78 Å². The standard InChI is InChI=1S/C28H28F2N4O/c1-35-25-10-8-20(9-11-25)18-33-12-14-34(15-13-33)19-26-31-27(21-4-2-6-23(29)16-21)28(32-26)22-5-3-7-24(30)17-22/h2-11,16-17H,12-15,18-19H2,1H3,(H,31,32). The summed E-state index contributed by atoms with van der Waals surface area (Å²) in [6.45, 7) is 5.31. The number of halogens is 2. The lowest BCUT2D eigenvalue weighted by Crippen LogP contribution is -2.45. The van der Waals surface area contributed by atoms with Gasteiger partial charge in [-0.05, 0) is 42.0 Å². The molecule has 0 spiro atoms. The van der Waals surface area contributed by atoms with Gasteiger partial charge < -0.3 is 9.72 Å².